The fourth-order valence-electron chi connectivity index (χ4n) is 2.11. The van der Waals surface area contributed by atoms with Crippen molar-refractivity contribution in [3.05, 3.63) is 29.6 Å². The number of guanidine groups is 1. The molecule has 0 amide bonds. The van der Waals surface area contributed by atoms with E-state index < -0.39 is 0 Å². The van der Waals surface area contributed by atoms with Crippen LogP contribution in [0.15, 0.2) is 23.3 Å². The molecule has 5 nitrogen and oxygen atoms in total. The van der Waals surface area contributed by atoms with Crippen molar-refractivity contribution in [2.24, 2.45) is 10.4 Å². The lowest BCUT2D eigenvalue weighted by Crippen LogP contribution is -2.45. The maximum Gasteiger partial charge on any atom is 0.191 e. The number of rotatable bonds is 6. The molecule has 0 aromatic carbocycles. The largest absolute Gasteiger partial charge is 0.379 e. The Labute approximate surface area is 157 Å². The highest BCUT2D eigenvalue weighted by Gasteiger charge is 2.24. The van der Waals surface area contributed by atoms with Crippen molar-refractivity contribution < 1.29 is 4.74 Å². The average Bonchev–Trinajstić information content (AvgIpc) is 2.45. The Balaban J connectivity index is 0.00000484. The van der Waals surface area contributed by atoms with Crippen molar-refractivity contribution >= 4 is 29.9 Å². The number of hydrogen-bond acceptors (Lipinski definition) is 3. The van der Waals surface area contributed by atoms with Crippen molar-refractivity contribution in [3.63, 3.8) is 0 Å². The standard InChI is InChI=1S/C17H30N4O.HI/c1-7-18-16(21-12-15(22-6)17(3,4)5)20-11-14-13(2)9-8-10-19-14;/h8-10,15H,7,11-12H2,1-6H3,(H2,18,20,21);1H. The zero-order chi connectivity index (χ0) is 16.6. The predicted molar refractivity (Wildman–Crippen MR) is 107 cm³/mol. The molecule has 0 radical (unpaired) electrons. The van der Waals surface area contributed by atoms with E-state index in [1.54, 1.807) is 13.3 Å². The molecular weight excluding hydrogens is 403 g/mol. The number of hydrogen-bond donors (Lipinski definition) is 2. The van der Waals surface area contributed by atoms with Gasteiger partial charge in [0.1, 0.15) is 0 Å². The van der Waals surface area contributed by atoms with Gasteiger partial charge in [-0.05, 0) is 30.9 Å². The van der Waals surface area contributed by atoms with Crippen LogP contribution < -0.4 is 10.6 Å². The van der Waals surface area contributed by atoms with Crippen LogP contribution in [-0.4, -0.2) is 37.2 Å². The molecule has 132 valence electrons. The number of pyridine rings is 1. The Hall–Kier alpha value is -0.890. The van der Waals surface area contributed by atoms with Crippen LogP contribution in [0, 0.1) is 12.3 Å². The average molecular weight is 434 g/mol. The molecule has 0 saturated heterocycles. The van der Waals surface area contributed by atoms with Gasteiger partial charge in [0.05, 0.1) is 18.3 Å². The Bertz CT molecular complexity index is 486. The number of aryl methyl sites for hydroxylation is 1. The molecule has 0 fully saturated rings. The van der Waals surface area contributed by atoms with Crippen LogP contribution in [0.1, 0.15) is 39.0 Å². The second-order valence-corrected chi connectivity index (χ2v) is 6.43. The van der Waals surface area contributed by atoms with Crippen molar-refractivity contribution in [1.82, 2.24) is 15.6 Å². The normalized spacial score (nSPS) is 13.2. The van der Waals surface area contributed by atoms with Crippen LogP contribution in [0.2, 0.25) is 0 Å². The third-order valence-electron chi connectivity index (χ3n) is 3.55. The highest BCUT2D eigenvalue weighted by molar-refractivity contribution is 14.0. The lowest BCUT2D eigenvalue weighted by atomic mass is 9.89. The van der Waals surface area contributed by atoms with Crippen LogP contribution in [-0.2, 0) is 11.3 Å². The molecule has 1 rings (SSSR count). The SMILES string of the molecule is CCNC(=NCc1ncccc1C)NCC(OC)C(C)(C)C.I. The van der Waals surface area contributed by atoms with Gasteiger partial charge in [0, 0.05) is 26.4 Å². The monoisotopic (exact) mass is 434 g/mol. The van der Waals surface area contributed by atoms with Crippen LogP contribution in [0.3, 0.4) is 0 Å². The molecule has 0 aliphatic rings. The summed E-state index contributed by atoms with van der Waals surface area (Å²) in [5, 5.41) is 6.61. The number of aromatic nitrogens is 1. The summed E-state index contributed by atoms with van der Waals surface area (Å²) < 4.78 is 5.57. The van der Waals surface area contributed by atoms with Gasteiger partial charge in [0.25, 0.3) is 0 Å². The number of nitrogens with one attached hydrogen (secondary N) is 2. The van der Waals surface area contributed by atoms with Crippen LogP contribution in [0.5, 0.6) is 0 Å². The van der Waals surface area contributed by atoms with E-state index in [0.717, 1.165) is 23.8 Å². The number of aliphatic imine (C=N–C) groups is 1. The van der Waals surface area contributed by atoms with Crippen LogP contribution in [0.25, 0.3) is 0 Å². The van der Waals surface area contributed by atoms with E-state index >= 15 is 0 Å². The molecule has 0 aliphatic carbocycles. The second kappa shape index (κ2) is 10.8. The van der Waals surface area contributed by atoms with Gasteiger partial charge in [-0.3, -0.25) is 4.98 Å². The number of halogens is 1. The highest BCUT2D eigenvalue weighted by atomic mass is 127. The molecule has 6 heteroatoms. The maximum absolute atomic E-state index is 5.57. The fourth-order valence-corrected chi connectivity index (χ4v) is 2.11. The summed E-state index contributed by atoms with van der Waals surface area (Å²) in [6.45, 7) is 12.7. The number of nitrogens with zero attached hydrogens (tertiary/aromatic N) is 2. The lowest BCUT2D eigenvalue weighted by Gasteiger charge is -2.30. The zero-order valence-electron chi connectivity index (χ0n) is 15.1. The minimum Gasteiger partial charge on any atom is -0.379 e. The minimum absolute atomic E-state index is 0. The Kier molecular flexibility index (Phi) is 10.4. The van der Waals surface area contributed by atoms with Crippen LogP contribution in [0.4, 0.5) is 0 Å². The van der Waals surface area contributed by atoms with E-state index in [-0.39, 0.29) is 35.5 Å². The molecule has 1 heterocycles. The summed E-state index contributed by atoms with van der Waals surface area (Å²) in [4.78, 5) is 8.98. The van der Waals surface area contributed by atoms with E-state index in [1.807, 2.05) is 6.07 Å². The third-order valence-corrected chi connectivity index (χ3v) is 3.55. The van der Waals surface area contributed by atoms with Crippen molar-refractivity contribution in [1.29, 1.82) is 0 Å². The molecule has 23 heavy (non-hydrogen) atoms. The summed E-state index contributed by atoms with van der Waals surface area (Å²) >= 11 is 0. The first-order valence-electron chi connectivity index (χ1n) is 7.84. The van der Waals surface area contributed by atoms with Crippen molar-refractivity contribution in [2.45, 2.75) is 47.3 Å². The van der Waals surface area contributed by atoms with Gasteiger partial charge in [0.2, 0.25) is 0 Å². The topological polar surface area (TPSA) is 58.5 Å². The molecule has 0 aliphatic heterocycles. The third kappa shape index (κ3) is 7.97. The van der Waals surface area contributed by atoms with Crippen molar-refractivity contribution in [3.8, 4) is 0 Å². The first kappa shape index (κ1) is 22.1. The van der Waals surface area contributed by atoms with Gasteiger partial charge in [-0.1, -0.05) is 26.8 Å². The highest BCUT2D eigenvalue weighted by Crippen LogP contribution is 2.20. The number of ether oxygens (including phenoxy) is 1. The maximum atomic E-state index is 5.57. The summed E-state index contributed by atoms with van der Waals surface area (Å²) in [5.74, 6) is 0.791. The molecule has 1 atom stereocenters. The van der Waals surface area contributed by atoms with Gasteiger partial charge >= 0.3 is 0 Å². The van der Waals surface area contributed by atoms with Gasteiger partial charge in [-0.15, -0.1) is 24.0 Å². The van der Waals surface area contributed by atoms with Gasteiger partial charge in [0.15, 0.2) is 5.96 Å². The fraction of sp³-hybridized carbons (Fsp3) is 0.647. The van der Waals surface area contributed by atoms with Gasteiger partial charge < -0.3 is 15.4 Å². The van der Waals surface area contributed by atoms with Gasteiger partial charge in [-0.25, -0.2) is 4.99 Å². The summed E-state index contributed by atoms with van der Waals surface area (Å²) in [7, 11) is 1.75. The quantitative estimate of drug-likeness (QED) is 0.411. The molecule has 1 aromatic rings. The van der Waals surface area contributed by atoms with E-state index in [9.17, 15) is 0 Å². The molecular formula is C17H31IN4O. The smallest absolute Gasteiger partial charge is 0.191 e. The molecule has 2 N–H and O–H groups in total. The minimum atomic E-state index is 0. The zero-order valence-corrected chi connectivity index (χ0v) is 17.5. The lowest BCUT2D eigenvalue weighted by molar-refractivity contribution is 0.0205. The molecule has 0 spiro atoms. The van der Waals surface area contributed by atoms with Gasteiger partial charge in [-0.2, -0.15) is 0 Å². The van der Waals surface area contributed by atoms with E-state index in [2.05, 4.69) is 61.3 Å². The Morgan fingerprint density at radius 3 is 2.57 bits per heavy atom. The van der Waals surface area contributed by atoms with E-state index in [1.165, 1.54) is 0 Å². The molecule has 1 unspecified atom stereocenters. The van der Waals surface area contributed by atoms with Crippen LogP contribution >= 0.6 is 24.0 Å². The van der Waals surface area contributed by atoms with E-state index in [0.29, 0.717) is 13.1 Å². The first-order chi connectivity index (χ1) is 10.4. The summed E-state index contributed by atoms with van der Waals surface area (Å²) in [6, 6.07) is 4.00. The molecule has 0 bridgehead atoms. The summed E-state index contributed by atoms with van der Waals surface area (Å²) in [6.07, 6.45) is 1.92. The van der Waals surface area contributed by atoms with Crippen molar-refractivity contribution in [2.75, 3.05) is 20.2 Å². The Morgan fingerprint density at radius 1 is 1.35 bits per heavy atom. The predicted octanol–water partition coefficient (Wildman–Crippen LogP) is 3.12. The number of methoxy groups -OCH3 is 1. The Morgan fingerprint density at radius 2 is 2.04 bits per heavy atom. The first-order valence-corrected chi connectivity index (χ1v) is 7.84. The molecule has 1 aromatic heterocycles. The summed E-state index contributed by atoms with van der Waals surface area (Å²) in [5.41, 5.74) is 2.24. The molecule has 0 saturated carbocycles. The second-order valence-electron chi connectivity index (χ2n) is 6.43. The van der Waals surface area contributed by atoms with E-state index in [4.69, 9.17) is 4.74 Å².